The van der Waals surface area contributed by atoms with Gasteiger partial charge in [0.25, 0.3) is 0 Å². The zero-order valence-electron chi connectivity index (χ0n) is 16.9. The Labute approximate surface area is 184 Å². The number of nitrogens with one attached hydrogen (secondary N) is 1. The van der Waals surface area contributed by atoms with E-state index in [0.29, 0.717) is 19.0 Å². The van der Waals surface area contributed by atoms with Gasteiger partial charge in [-0.25, -0.2) is 4.99 Å². The molecular weight excluding hydrogens is 467 g/mol. The van der Waals surface area contributed by atoms with Crippen molar-refractivity contribution in [3.63, 3.8) is 0 Å². The van der Waals surface area contributed by atoms with E-state index in [1.807, 2.05) is 66.5 Å². The van der Waals surface area contributed by atoms with E-state index in [1.54, 1.807) is 26.1 Å². The largest absolute Gasteiger partial charge is 0.496 e. The topological polar surface area (TPSA) is 57.2 Å². The second-order valence-corrected chi connectivity index (χ2v) is 6.44. The third-order valence-corrected chi connectivity index (χ3v) is 4.11. The number of halogens is 1. The van der Waals surface area contributed by atoms with E-state index >= 15 is 0 Å². The maximum Gasteiger partial charge on any atom is 0.241 e. The van der Waals surface area contributed by atoms with Crippen molar-refractivity contribution in [1.29, 1.82) is 0 Å². The van der Waals surface area contributed by atoms with E-state index in [0.717, 1.165) is 16.9 Å². The number of benzene rings is 2. The minimum absolute atomic E-state index is 0. The Morgan fingerprint density at radius 1 is 1.04 bits per heavy atom. The van der Waals surface area contributed by atoms with Crippen molar-refractivity contribution in [2.24, 2.45) is 4.99 Å². The van der Waals surface area contributed by atoms with E-state index in [4.69, 9.17) is 9.73 Å². The van der Waals surface area contributed by atoms with E-state index in [1.165, 1.54) is 0 Å². The minimum Gasteiger partial charge on any atom is -0.496 e. The molecule has 28 heavy (non-hydrogen) atoms. The summed E-state index contributed by atoms with van der Waals surface area (Å²) in [5, 5.41) is 3.17. The van der Waals surface area contributed by atoms with Gasteiger partial charge in [-0.2, -0.15) is 0 Å². The first-order chi connectivity index (χ1) is 13.0. The Hall–Kier alpha value is -2.29. The molecule has 1 N–H and O–H groups in total. The number of amides is 1. The van der Waals surface area contributed by atoms with Gasteiger partial charge >= 0.3 is 0 Å². The number of hydrogen-bond acceptors (Lipinski definition) is 3. The van der Waals surface area contributed by atoms with Gasteiger partial charge in [-0.1, -0.05) is 48.5 Å². The zero-order valence-corrected chi connectivity index (χ0v) is 19.2. The molecule has 0 aliphatic rings. The number of hydrogen-bond donors (Lipinski definition) is 1. The normalized spacial score (nSPS) is 10.6. The second-order valence-electron chi connectivity index (χ2n) is 6.44. The third-order valence-electron chi connectivity index (χ3n) is 4.11. The van der Waals surface area contributed by atoms with Gasteiger partial charge in [0, 0.05) is 33.3 Å². The van der Waals surface area contributed by atoms with Gasteiger partial charge < -0.3 is 19.9 Å². The molecule has 152 valence electrons. The SMILES string of the molecule is COc1ccccc1CN(C)C(=NCc1ccccc1)NCC(=O)N(C)C.I. The fourth-order valence-corrected chi connectivity index (χ4v) is 2.54. The molecule has 0 saturated heterocycles. The van der Waals surface area contributed by atoms with Crippen molar-refractivity contribution in [2.45, 2.75) is 13.1 Å². The average Bonchev–Trinajstić information content (AvgIpc) is 2.68. The highest BCUT2D eigenvalue weighted by atomic mass is 127. The number of likely N-dealkylation sites (N-methyl/N-ethyl adjacent to an activating group) is 1. The number of ether oxygens (including phenoxy) is 1. The molecule has 7 heteroatoms. The molecule has 0 saturated carbocycles. The van der Waals surface area contributed by atoms with Crippen LogP contribution in [-0.4, -0.2) is 56.5 Å². The molecule has 0 fully saturated rings. The number of rotatable bonds is 7. The summed E-state index contributed by atoms with van der Waals surface area (Å²) in [6.07, 6.45) is 0. The smallest absolute Gasteiger partial charge is 0.241 e. The average molecular weight is 496 g/mol. The van der Waals surface area contributed by atoms with Crippen molar-refractivity contribution in [2.75, 3.05) is 34.8 Å². The van der Waals surface area contributed by atoms with Crippen LogP contribution in [0.1, 0.15) is 11.1 Å². The van der Waals surface area contributed by atoms with Crippen LogP contribution in [0.25, 0.3) is 0 Å². The third kappa shape index (κ3) is 7.38. The first-order valence-electron chi connectivity index (χ1n) is 8.86. The number of nitrogens with zero attached hydrogens (tertiary/aromatic N) is 3. The summed E-state index contributed by atoms with van der Waals surface area (Å²) in [5.41, 5.74) is 2.16. The van der Waals surface area contributed by atoms with E-state index in [-0.39, 0.29) is 36.4 Å². The van der Waals surface area contributed by atoms with Gasteiger partial charge in [0.1, 0.15) is 5.75 Å². The van der Waals surface area contributed by atoms with Crippen LogP contribution in [0.2, 0.25) is 0 Å². The van der Waals surface area contributed by atoms with Crippen LogP contribution in [0, 0.1) is 0 Å². The van der Waals surface area contributed by atoms with Crippen LogP contribution in [0.15, 0.2) is 59.6 Å². The molecule has 2 aromatic carbocycles. The molecule has 2 rings (SSSR count). The predicted octanol–water partition coefficient (Wildman–Crippen LogP) is 2.98. The predicted molar refractivity (Wildman–Crippen MR) is 124 cm³/mol. The molecular formula is C21H29IN4O2. The number of carbonyl (C=O) groups is 1. The molecule has 0 aliphatic carbocycles. The van der Waals surface area contributed by atoms with Gasteiger partial charge in [-0.15, -0.1) is 24.0 Å². The summed E-state index contributed by atoms with van der Waals surface area (Å²) in [7, 11) is 7.09. The van der Waals surface area contributed by atoms with Crippen LogP contribution in [0.3, 0.4) is 0 Å². The Kier molecular flexibility index (Phi) is 10.4. The second kappa shape index (κ2) is 12.2. The molecule has 0 atom stereocenters. The lowest BCUT2D eigenvalue weighted by Crippen LogP contribution is -2.43. The lowest BCUT2D eigenvalue weighted by Gasteiger charge is -2.24. The molecule has 0 unspecified atom stereocenters. The fraction of sp³-hybridized carbons (Fsp3) is 0.333. The van der Waals surface area contributed by atoms with Gasteiger partial charge in [0.05, 0.1) is 20.2 Å². The van der Waals surface area contributed by atoms with Crippen molar-refractivity contribution in [3.8, 4) is 5.75 Å². The number of para-hydroxylation sites is 1. The fourth-order valence-electron chi connectivity index (χ4n) is 2.54. The lowest BCUT2D eigenvalue weighted by molar-refractivity contribution is -0.127. The summed E-state index contributed by atoms with van der Waals surface area (Å²) in [6, 6.07) is 17.9. The first kappa shape index (κ1) is 23.7. The molecule has 0 aromatic heterocycles. The molecule has 2 aromatic rings. The summed E-state index contributed by atoms with van der Waals surface area (Å²) >= 11 is 0. The number of carbonyl (C=O) groups excluding carboxylic acids is 1. The molecule has 0 bridgehead atoms. The summed E-state index contributed by atoms with van der Waals surface area (Å²) in [6.45, 7) is 1.34. The van der Waals surface area contributed by atoms with E-state index in [2.05, 4.69) is 5.32 Å². The maximum absolute atomic E-state index is 12.0. The Balaban J connectivity index is 0.00000392. The van der Waals surface area contributed by atoms with Crippen molar-refractivity contribution in [3.05, 3.63) is 65.7 Å². The molecule has 6 nitrogen and oxygen atoms in total. The highest BCUT2D eigenvalue weighted by Gasteiger charge is 2.12. The van der Waals surface area contributed by atoms with Crippen LogP contribution in [-0.2, 0) is 17.9 Å². The van der Waals surface area contributed by atoms with Gasteiger partial charge in [-0.3, -0.25) is 4.79 Å². The molecule has 0 radical (unpaired) electrons. The molecule has 0 aliphatic heterocycles. The Bertz CT molecular complexity index is 766. The van der Waals surface area contributed by atoms with E-state index < -0.39 is 0 Å². The molecule has 0 heterocycles. The van der Waals surface area contributed by atoms with Gasteiger partial charge in [-0.05, 0) is 11.6 Å². The summed E-state index contributed by atoms with van der Waals surface area (Å²) in [5.74, 6) is 1.49. The van der Waals surface area contributed by atoms with Crippen LogP contribution in [0.4, 0.5) is 0 Å². The van der Waals surface area contributed by atoms with Crippen LogP contribution < -0.4 is 10.1 Å². The monoisotopic (exact) mass is 496 g/mol. The van der Waals surface area contributed by atoms with E-state index in [9.17, 15) is 4.79 Å². The number of methoxy groups -OCH3 is 1. The minimum atomic E-state index is -0.00639. The van der Waals surface area contributed by atoms with Gasteiger partial charge in [0.2, 0.25) is 5.91 Å². The summed E-state index contributed by atoms with van der Waals surface area (Å²) in [4.78, 5) is 20.2. The van der Waals surface area contributed by atoms with Crippen molar-refractivity contribution < 1.29 is 9.53 Å². The Morgan fingerprint density at radius 3 is 2.32 bits per heavy atom. The maximum atomic E-state index is 12.0. The van der Waals surface area contributed by atoms with Crippen molar-refractivity contribution in [1.82, 2.24) is 15.1 Å². The van der Waals surface area contributed by atoms with Crippen LogP contribution >= 0.6 is 24.0 Å². The van der Waals surface area contributed by atoms with Gasteiger partial charge in [0.15, 0.2) is 5.96 Å². The zero-order chi connectivity index (χ0) is 19.6. The molecule has 1 amide bonds. The standard InChI is InChI=1S/C21H28N4O2.HI/c1-24(2)20(26)15-23-21(22-14-17-10-6-5-7-11-17)25(3)16-18-12-8-9-13-19(18)27-4;/h5-13H,14-16H2,1-4H3,(H,22,23);1H. The number of guanidine groups is 1. The highest BCUT2D eigenvalue weighted by Crippen LogP contribution is 2.18. The number of aliphatic imine (C=N–C) groups is 1. The van der Waals surface area contributed by atoms with Crippen molar-refractivity contribution >= 4 is 35.8 Å². The lowest BCUT2D eigenvalue weighted by atomic mass is 10.2. The van der Waals surface area contributed by atoms with Crippen LogP contribution in [0.5, 0.6) is 5.75 Å². The highest BCUT2D eigenvalue weighted by molar-refractivity contribution is 14.0. The quantitative estimate of drug-likeness (QED) is 0.364. The molecule has 0 spiro atoms. The Morgan fingerprint density at radius 2 is 1.68 bits per heavy atom. The first-order valence-corrected chi connectivity index (χ1v) is 8.86. The summed E-state index contributed by atoms with van der Waals surface area (Å²) < 4.78 is 5.44.